The average molecular weight is 418 g/mol. The lowest BCUT2D eigenvalue weighted by molar-refractivity contribution is -0.245. The molecular formula is C12H15Cl3N4O6. The van der Waals surface area contributed by atoms with Crippen LogP contribution in [-0.2, 0) is 28.5 Å². The maximum atomic E-state index is 11.4. The van der Waals surface area contributed by atoms with Crippen LogP contribution in [0.25, 0.3) is 10.4 Å². The molecule has 25 heavy (non-hydrogen) atoms. The molecule has 0 saturated carbocycles. The predicted molar refractivity (Wildman–Crippen MR) is 87.5 cm³/mol. The molecule has 0 radical (unpaired) electrons. The van der Waals surface area contributed by atoms with Gasteiger partial charge in [-0.1, -0.05) is 39.9 Å². The fourth-order valence-corrected chi connectivity index (χ4v) is 2.26. The van der Waals surface area contributed by atoms with Gasteiger partial charge in [0.05, 0.1) is 6.10 Å². The molecule has 0 aromatic carbocycles. The summed E-state index contributed by atoms with van der Waals surface area (Å²) in [5.74, 6) is -2.17. The van der Waals surface area contributed by atoms with Crippen LogP contribution in [0.15, 0.2) is 5.11 Å². The molecule has 1 fully saturated rings. The van der Waals surface area contributed by atoms with Crippen molar-refractivity contribution in [2.24, 2.45) is 5.11 Å². The number of ether oxygens (including phenoxy) is 4. The van der Waals surface area contributed by atoms with Gasteiger partial charge in [-0.15, -0.1) is 0 Å². The Morgan fingerprint density at radius 1 is 1.16 bits per heavy atom. The lowest BCUT2D eigenvalue weighted by Crippen LogP contribution is -2.59. The first-order valence-corrected chi connectivity index (χ1v) is 7.97. The van der Waals surface area contributed by atoms with Crippen LogP contribution in [0.2, 0.25) is 0 Å². The lowest BCUT2D eigenvalue weighted by Gasteiger charge is -2.42. The Morgan fingerprint density at radius 3 is 2.12 bits per heavy atom. The zero-order chi connectivity index (χ0) is 19.4. The average Bonchev–Trinajstić information content (AvgIpc) is 2.45. The summed E-state index contributed by atoms with van der Waals surface area (Å²) in [6, 6.07) is -1.30. The highest BCUT2D eigenvalue weighted by Crippen LogP contribution is 2.33. The van der Waals surface area contributed by atoms with Gasteiger partial charge in [-0.05, 0) is 12.5 Å². The maximum Gasteiger partial charge on any atom is 0.303 e. The zero-order valence-corrected chi connectivity index (χ0v) is 15.6. The number of azide groups is 1. The summed E-state index contributed by atoms with van der Waals surface area (Å²) in [5.41, 5.74) is 8.78. The lowest BCUT2D eigenvalue weighted by atomic mass is 9.97. The van der Waals surface area contributed by atoms with E-state index in [4.69, 9.17) is 64.7 Å². The van der Waals surface area contributed by atoms with Crippen LogP contribution in [0.1, 0.15) is 20.8 Å². The van der Waals surface area contributed by atoms with E-state index >= 15 is 0 Å². The number of rotatable bonds is 4. The molecule has 0 amide bonds. The molecule has 1 N–H and O–H groups in total. The normalized spacial score (nSPS) is 29.1. The first-order chi connectivity index (χ1) is 11.5. The molecule has 10 nitrogen and oxygen atoms in total. The first kappa shape index (κ1) is 21.6. The Labute approximate surface area is 157 Å². The molecule has 0 spiro atoms. The molecule has 140 valence electrons. The Bertz CT molecular complexity index is 592. The smallest absolute Gasteiger partial charge is 0.303 e. The van der Waals surface area contributed by atoms with Gasteiger partial charge in [0, 0.05) is 18.8 Å². The summed E-state index contributed by atoms with van der Waals surface area (Å²) < 4.78 is 18.6. The van der Waals surface area contributed by atoms with Crippen LogP contribution in [0.4, 0.5) is 0 Å². The van der Waals surface area contributed by atoms with Gasteiger partial charge in [-0.2, -0.15) is 0 Å². The van der Waals surface area contributed by atoms with Crippen molar-refractivity contribution in [3.63, 3.8) is 0 Å². The quantitative estimate of drug-likeness (QED) is 0.142. The minimum atomic E-state index is -2.18. The van der Waals surface area contributed by atoms with Crippen LogP contribution in [0.3, 0.4) is 0 Å². The van der Waals surface area contributed by atoms with Crippen molar-refractivity contribution in [1.29, 1.82) is 5.41 Å². The molecule has 0 aromatic rings. The molecule has 0 aromatic heterocycles. The van der Waals surface area contributed by atoms with Gasteiger partial charge in [0.2, 0.25) is 12.2 Å². The number of esters is 2. The van der Waals surface area contributed by atoms with E-state index < -0.39 is 52.3 Å². The summed E-state index contributed by atoms with van der Waals surface area (Å²) in [4.78, 5) is 25.3. The van der Waals surface area contributed by atoms with E-state index in [1.54, 1.807) is 0 Å². The number of hydrogen-bond donors (Lipinski definition) is 1. The summed E-state index contributed by atoms with van der Waals surface area (Å²) in [6.07, 6.45) is -4.55. The fraction of sp³-hybridized carbons (Fsp3) is 0.750. The van der Waals surface area contributed by atoms with Crippen molar-refractivity contribution in [3.05, 3.63) is 10.4 Å². The van der Waals surface area contributed by atoms with Crippen molar-refractivity contribution in [3.8, 4) is 0 Å². The number of carbonyl (C=O) groups excluding carboxylic acids is 2. The van der Waals surface area contributed by atoms with Gasteiger partial charge in [0.25, 0.3) is 3.79 Å². The monoisotopic (exact) mass is 416 g/mol. The Balaban J connectivity index is 3.19. The van der Waals surface area contributed by atoms with Crippen molar-refractivity contribution in [2.75, 3.05) is 0 Å². The minimum Gasteiger partial charge on any atom is -0.458 e. The largest absolute Gasteiger partial charge is 0.458 e. The highest BCUT2D eigenvalue weighted by Gasteiger charge is 2.50. The van der Waals surface area contributed by atoms with Gasteiger partial charge >= 0.3 is 11.9 Å². The van der Waals surface area contributed by atoms with Crippen molar-refractivity contribution >= 4 is 52.6 Å². The third-order valence-corrected chi connectivity index (χ3v) is 3.55. The number of halogens is 3. The molecule has 1 saturated heterocycles. The molecule has 13 heteroatoms. The van der Waals surface area contributed by atoms with E-state index in [2.05, 4.69) is 10.0 Å². The summed E-state index contributed by atoms with van der Waals surface area (Å²) in [5, 5.41) is 11.1. The third kappa shape index (κ3) is 6.09. The van der Waals surface area contributed by atoms with Gasteiger partial charge in [0.15, 0.2) is 12.2 Å². The van der Waals surface area contributed by atoms with Gasteiger partial charge in [-0.25, -0.2) is 0 Å². The molecule has 1 rings (SSSR count). The van der Waals surface area contributed by atoms with Crippen LogP contribution < -0.4 is 0 Å². The van der Waals surface area contributed by atoms with Crippen LogP contribution in [0, 0.1) is 5.41 Å². The highest BCUT2D eigenvalue weighted by molar-refractivity contribution is 6.76. The van der Waals surface area contributed by atoms with Crippen molar-refractivity contribution < 1.29 is 28.5 Å². The molecule has 0 aliphatic carbocycles. The highest BCUT2D eigenvalue weighted by atomic mass is 35.6. The topological polar surface area (TPSA) is 144 Å². The molecule has 1 aliphatic rings. The van der Waals surface area contributed by atoms with Crippen molar-refractivity contribution in [1.82, 2.24) is 0 Å². The molecular weight excluding hydrogens is 403 g/mol. The van der Waals surface area contributed by atoms with E-state index in [0.717, 1.165) is 13.8 Å². The fourth-order valence-electron chi connectivity index (χ4n) is 2.13. The van der Waals surface area contributed by atoms with E-state index in [0.29, 0.717) is 0 Å². The van der Waals surface area contributed by atoms with Crippen molar-refractivity contribution in [2.45, 2.75) is 55.2 Å². The molecule has 1 unspecified atom stereocenters. The van der Waals surface area contributed by atoms with Gasteiger partial charge < -0.3 is 18.9 Å². The number of nitrogens with zero attached hydrogens (tertiary/aromatic N) is 3. The predicted octanol–water partition coefficient (Wildman–Crippen LogP) is 2.64. The molecule has 1 aliphatic heterocycles. The van der Waals surface area contributed by atoms with E-state index in [9.17, 15) is 9.59 Å². The van der Waals surface area contributed by atoms with Gasteiger partial charge in [-0.3, -0.25) is 15.0 Å². The Kier molecular flexibility index (Phi) is 7.58. The van der Waals surface area contributed by atoms with Crippen LogP contribution >= 0.6 is 34.8 Å². The zero-order valence-electron chi connectivity index (χ0n) is 13.3. The molecule has 1 heterocycles. The number of nitrogens with one attached hydrogen (secondary N) is 1. The standard InChI is InChI=1S/C12H15Cl3N4O6/c1-4-8(23-5(2)20)9(24-6(3)21)7(18-19-17)10(22-4)25-11(16)12(13,14)15/h4,7-10,16H,1-3H3/t4-,7-,8+,9-,10?/m0/s1. The van der Waals surface area contributed by atoms with Crippen LogP contribution in [-0.4, -0.2) is 52.3 Å². The summed E-state index contributed by atoms with van der Waals surface area (Å²) >= 11 is 16.6. The number of alkyl halides is 3. The Morgan fingerprint density at radius 2 is 1.68 bits per heavy atom. The third-order valence-electron chi connectivity index (χ3n) is 3.03. The summed E-state index contributed by atoms with van der Waals surface area (Å²) in [7, 11) is 0. The second kappa shape index (κ2) is 8.77. The maximum absolute atomic E-state index is 11.4. The number of carbonyl (C=O) groups is 2. The SMILES string of the molecule is CC(=O)O[C@@H]1[C@H](OC(C)=O)[C@H](C)OC(OC(=N)C(Cl)(Cl)Cl)[C@H]1N=[N+]=[N-]. The van der Waals surface area contributed by atoms with E-state index in [1.165, 1.54) is 6.92 Å². The molecule has 0 bridgehead atoms. The Hall–Kier alpha value is -1.45. The molecule has 5 atom stereocenters. The number of hydrogen-bond acceptors (Lipinski definition) is 8. The minimum absolute atomic E-state index is 0.661. The van der Waals surface area contributed by atoms with Crippen LogP contribution in [0.5, 0.6) is 0 Å². The summed E-state index contributed by atoms with van der Waals surface area (Å²) in [6.45, 7) is 3.78. The second-order valence-corrected chi connectivity index (χ2v) is 7.28. The van der Waals surface area contributed by atoms with E-state index in [1.807, 2.05) is 0 Å². The first-order valence-electron chi connectivity index (χ1n) is 6.83. The second-order valence-electron chi connectivity index (χ2n) is 5.00. The van der Waals surface area contributed by atoms with Gasteiger partial charge in [0.1, 0.15) is 6.04 Å². The van der Waals surface area contributed by atoms with E-state index in [-0.39, 0.29) is 0 Å².